The first-order valence-corrected chi connectivity index (χ1v) is 10.2. The number of rotatable bonds is 9. The Morgan fingerprint density at radius 1 is 1.07 bits per heavy atom. The Morgan fingerprint density at radius 2 is 1.74 bits per heavy atom. The van der Waals surface area contributed by atoms with Crippen molar-refractivity contribution in [3.63, 3.8) is 0 Å². The summed E-state index contributed by atoms with van der Waals surface area (Å²) in [6.45, 7) is -0.358. The Kier molecular flexibility index (Phi) is 7.35. The average Bonchev–Trinajstić information content (AvgIpc) is 2.65. The molecule has 0 spiro atoms. The second-order valence-corrected chi connectivity index (χ2v) is 8.05. The van der Waals surface area contributed by atoms with E-state index in [-0.39, 0.29) is 25.5 Å². The maximum absolute atomic E-state index is 12.1. The normalized spacial score (nSPS) is 11.2. The lowest BCUT2D eigenvalue weighted by Crippen LogP contribution is -2.32. The molecule has 0 atom stereocenters. The van der Waals surface area contributed by atoms with Crippen molar-refractivity contribution < 1.29 is 28.2 Å². The highest BCUT2D eigenvalue weighted by Gasteiger charge is 2.17. The second-order valence-electron chi connectivity index (χ2n) is 5.99. The maximum Gasteiger partial charge on any atom is 0.235 e. The third kappa shape index (κ3) is 6.06. The van der Waals surface area contributed by atoms with Gasteiger partial charge in [-0.2, -0.15) is 0 Å². The van der Waals surface area contributed by atoms with Crippen molar-refractivity contribution in [3.8, 4) is 16.9 Å². The van der Waals surface area contributed by atoms with Crippen LogP contribution >= 0.6 is 0 Å². The molecular formula is C19H23NO6S. The molecule has 2 aromatic carbocycles. The topological polar surface area (TPSA) is 113 Å². The summed E-state index contributed by atoms with van der Waals surface area (Å²) in [6, 6.07) is 12.4. The molecule has 0 saturated carbocycles. The van der Waals surface area contributed by atoms with Crippen LogP contribution in [0.1, 0.15) is 11.1 Å². The number of methoxy groups -OCH3 is 1. The molecule has 1 amide bonds. The third-order valence-electron chi connectivity index (χ3n) is 3.91. The Hall–Kier alpha value is -2.42. The van der Waals surface area contributed by atoms with Gasteiger partial charge in [-0.05, 0) is 28.8 Å². The van der Waals surface area contributed by atoms with Crippen LogP contribution in [0.25, 0.3) is 11.1 Å². The molecule has 27 heavy (non-hydrogen) atoms. The van der Waals surface area contributed by atoms with E-state index in [9.17, 15) is 18.3 Å². The number of ether oxygens (including phenoxy) is 1. The highest BCUT2D eigenvalue weighted by molar-refractivity contribution is 7.91. The van der Waals surface area contributed by atoms with Gasteiger partial charge in [0, 0.05) is 12.1 Å². The SMILES string of the molecule is COc1ccc(-c2ccc(CS(=O)(=O)CC(=O)NCCO)cc2)cc1CO. The van der Waals surface area contributed by atoms with E-state index in [2.05, 4.69) is 5.32 Å². The van der Waals surface area contributed by atoms with Crippen LogP contribution in [-0.4, -0.2) is 50.6 Å². The molecule has 0 aliphatic heterocycles. The van der Waals surface area contributed by atoms with E-state index >= 15 is 0 Å². The van der Waals surface area contributed by atoms with Gasteiger partial charge in [-0.3, -0.25) is 4.79 Å². The van der Waals surface area contributed by atoms with Crippen LogP contribution in [-0.2, 0) is 27.0 Å². The fourth-order valence-electron chi connectivity index (χ4n) is 2.63. The van der Waals surface area contributed by atoms with Crippen LogP contribution in [0, 0.1) is 0 Å². The Morgan fingerprint density at radius 3 is 2.33 bits per heavy atom. The fourth-order valence-corrected chi connectivity index (χ4v) is 3.93. The van der Waals surface area contributed by atoms with Crippen LogP contribution in [0.2, 0.25) is 0 Å². The largest absolute Gasteiger partial charge is 0.496 e. The zero-order chi connectivity index (χ0) is 19.9. The molecule has 0 aromatic heterocycles. The first-order valence-electron chi connectivity index (χ1n) is 8.33. The third-order valence-corrected chi connectivity index (χ3v) is 5.38. The highest BCUT2D eigenvalue weighted by atomic mass is 32.2. The summed E-state index contributed by atoms with van der Waals surface area (Å²) in [4.78, 5) is 11.5. The van der Waals surface area contributed by atoms with E-state index in [4.69, 9.17) is 9.84 Å². The second kappa shape index (κ2) is 9.50. The molecule has 0 aliphatic carbocycles. The van der Waals surface area contributed by atoms with Gasteiger partial charge in [-0.1, -0.05) is 30.3 Å². The van der Waals surface area contributed by atoms with Gasteiger partial charge in [-0.25, -0.2) is 8.42 Å². The Bertz CT molecular complexity index is 878. The van der Waals surface area contributed by atoms with Crippen LogP contribution in [0.5, 0.6) is 5.75 Å². The lowest BCUT2D eigenvalue weighted by molar-refractivity contribution is -0.118. The van der Waals surface area contributed by atoms with Gasteiger partial charge < -0.3 is 20.3 Å². The fraction of sp³-hybridized carbons (Fsp3) is 0.316. The molecule has 3 N–H and O–H groups in total. The number of aliphatic hydroxyl groups is 2. The van der Waals surface area contributed by atoms with Crippen molar-refractivity contribution in [1.82, 2.24) is 5.32 Å². The molecule has 2 rings (SSSR count). The number of carbonyl (C=O) groups excluding carboxylic acids is 1. The van der Waals surface area contributed by atoms with Crippen molar-refractivity contribution in [2.45, 2.75) is 12.4 Å². The van der Waals surface area contributed by atoms with Crippen LogP contribution < -0.4 is 10.1 Å². The maximum atomic E-state index is 12.1. The van der Waals surface area contributed by atoms with Crippen molar-refractivity contribution in [1.29, 1.82) is 0 Å². The molecule has 0 fully saturated rings. The Labute approximate surface area is 158 Å². The number of hydrogen-bond donors (Lipinski definition) is 3. The first-order chi connectivity index (χ1) is 12.9. The molecule has 7 nitrogen and oxygen atoms in total. The van der Waals surface area contributed by atoms with Gasteiger partial charge in [-0.15, -0.1) is 0 Å². The summed E-state index contributed by atoms with van der Waals surface area (Å²) >= 11 is 0. The van der Waals surface area contributed by atoms with E-state index in [0.29, 0.717) is 16.9 Å². The summed E-state index contributed by atoms with van der Waals surface area (Å²) in [5, 5.41) is 20.4. The number of hydrogen-bond acceptors (Lipinski definition) is 6. The summed E-state index contributed by atoms with van der Waals surface area (Å²) < 4.78 is 29.4. The van der Waals surface area contributed by atoms with Crippen LogP contribution in [0.3, 0.4) is 0 Å². The lowest BCUT2D eigenvalue weighted by Gasteiger charge is -2.10. The minimum Gasteiger partial charge on any atom is -0.496 e. The van der Waals surface area contributed by atoms with Gasteiger partial charge in [0.1, 0.15) is 11.5 Å². The zero-order valence-corrected chi connectivity index (χ0v) is 15.8. The van der Waals surface area contributed by atoms with Crippen LogP contribution in [0.15, 0.2) is 42.5 Å². The summed E-state index contributed by atoms with van der Waals surface area (Å²) in [5.74, 6) is -0.892. The molecule has 0 aliphatic rings. The minimum atomic E-state index is -3.60. The molecule has 0 bridgehead atoms. The molecule has 0 unspecified atom stereocenters. The van der Waals surface area contributed by atoms with E-state index in [0.717, 1.165) is 11.1 Å². The van der Waals surface area contributed by atoms with Crippen molar-refractivity contribution in [2.75, 3.05) is 26.0 Å². The van der Waals surface area contributed by atoms with Crippen LogP contribution in [0.4, 0.5) is 0 Å². The van der Waals surface area contributed by atoms with E-state index in [1.54, 1.807) is 30.3 Å². The number of carbonyl (C=O) groups is 1. The molecule has 0 saturated heterocycles. The van der Waals surface area contributed by atoms with Crippen molar-refractivity contribution in [2.24, 2.45) is 0 Å². The molecule has 0 radical (unpaired) electrons. The number of benzene rings is 2. The quantitative estimate of drug-likeness (QED) is 0.583. The van der Waals surface area contributed by atoms with E-state index < -0.39 is 21.5 Å². The minimum absolute atomic E-state index is 0.0285. The first kappa shape index (κ1) is 20.9. The average molecular weight is 393 g/mol. The summed E-state index contributed by atoms with van der Waals surface area (Å²) in [5.41, 5.74) is 2.98. The number of amides is 1. The molecule has 8 heteroatoms. The van der Waals surface area contributed by atoms with E-state index in [1.807, 2.05) is 12.1 Å². The van der Waals surface area contributed by atoms with E-state index in [1.165, 1.54) is 7.11 Å². The molecule has 2 aromatic rings. The van der Waals surface area contributed by atoms with Gasteiger partial charge in [0.15, 0.2) is 9.84 Å². The number of sulfone groups is 1. The van der Waals surface area contributed by atoms with Gasteiger partial charge in [0.05, 0.1) is 26.1 Å². The molecule has 0 heterocycles. The lowest BCUT2D eigenvalue weighted by atomic mass is 10.0. The van der Waals surface area contributed by atoms with Crippen molar-refractivity contribution in [3.05, 3.63) is 53.6 Å². The molecule has 146 valence electrons. The summed E-state index contributed by atoms with van der Waals surface area (Å²) in [7, 11) is -2.07. The monoisotopic (exact) mass is 393 g/mol. The zero-order valence-electron chi connectivity index (χ0n) is 15.0. The van der Waals surface area contributed by atoms with Crippen molar-refractivity contribution >= 4 is 15.7 Å². The highest BCUT2D eigenvalue weighted by Crippen LogP contribution is 2.27. The molecular weight excluding hydrogens is 370 g/mol. The number of aliphatic hydroxyl groups excluding tert-OH is 2. The number of nitrogens with one attached hydrogen (secondary N) is 1. The standard InChI is InChI=1S/C19H23NO6S/c1-26-18-7-6-16(10-17(18)11-22)15-4-2-14(3-5-15)12-27(24,25)13-19(23)20-8-9-21/h2-7,10,21-22H,8-9,11-13H2,1H3,(H,20,23). The summed E-state index contributed by atoms with van der Waals surface area (Å²) in [6.07, 6.45) is 0. The van der Waals surface area contributed by atoms with Gasteiger partial charge >= 0.3 is 0 Å². The van der Waals surface area contributed by atoms with Gasteiger partial charge in [0.2, 0.25) is 5.91 Å². The smallest absolute Gasteiger partial charge is 0.235 e. The Balaban J connectivity index is 2.10. The predicted molar refractivity (Wildman–Crippen MR) is 102 cm³/mol. The predicted octanol–water partition coefficient (Wildman–Crippen LogP) is 0.878. The van der Waals surface area contributed by atoms with Gasteiger partial charge in [0.25, 0.3) is 0 Å².